The number of aromatic nitrogens is 2. The number of halogens is 2. The molecule has 0 unspecified atom stereocenters. The van der Waals surface area contributed by atoms with Crippen LogP contribution in [0.15, 0.2) is 77.2 Å². The first-order chi connectivity index (χ1) is 15.5. The lowest BCUT2D eigenvalue weighted by molar-refractivity contribution is -0.113. The Hall–Kier alpha value is -2.94. The number of thiophene rings is 1. The van der Waals surface area contributed by atoms with Crippen molar-refractivity contribution in [3.05, 3.63) is 88.4 Å². The Morgan fingerprint density at radius 2 is 2.03 bits per heavy atom. The molecule has 0 fully saturated rings. The van der Waals surface area contributed by atoms with Gasteiger partial charge in [0.15, 0.2) is 5.16 Å². The number of thioether (sulfide) groups is 1. The van der Waals surface area contributed by atoms with E-state index in [-0.39, 0.29) is 28.8 Å². The number of carbonyl (C=O) groups is 1. The normalized spacial score (nSPS) is 10.9. The van der Waals surface area contributed by atoms with Crippen molar-refractivity contribution in [2.75, 3.05) is 11.1 Å². The van der Waals surface area contributed by atoms with Crippen LogP contribution >= 0.6 is 34.7 Å². The molecule has 4 rings (SSSR count). The van der Waals surface area contributed by atoms with Gasteiger partial charge in [0, 0.05) is 11.4 Å². The molecule has 9 heteroatoms. The monoisotopic (exact) mass is 485 g/mol. The second kappa shape index (κ2) is 9.68. The van der Waals surface area contributed by atoms with Crippen LogP contribution < -0.4 is 10.9 Å². The molecule has 0 spiro atoms. The molecule has 0 aliphatic rings. The molecule has 0 radical (unpaired) electrons. The Bertz CT molecular complexity index is 1370. The summed E-state index contributed by atoms with van der Waals surface area (Å²) in [5, 5.41) is 3.17. The minimum Gasteiger partial charge on any atom is -0.324 e. The fourth-order valence-corrected chi connectivity index (χ4v) is 5.12. The summed E-state index contributed by atoms with van der Waals surface area (Å²) in [6, 6.07) is 15.4. The van der Waals surface area contributed by atoms with Crippen LogP contribution in [-0.4, -0.2) is 21.2 Å². The van der Waals surface area contributed by atoms with E-state index in [0.29, 0.717) is 21.1 Å². The van der Waals surface area contributed by atoms with Crippen LogP contribution in [0, 0.1) is 5.82 Å². The largest absolute Gasteiger partial charge is 0.324 e. The average molecular weight is 486 g/mol. The Morgan fingerprint density at radius 3 is 2.75 bits per heavy atom. The molecule has 0 atom stereocenters. The third-order valence-corrected chi connectivity index (χ3v) is 6.96. The van der Waals surface area contributed by atoms with Crippen molar-refractivity contribution < 1.29 is 9.18 Å². The molecule has 2 heterocycles. The van der Waals surface area contributed by atoms with E-state index in [0.717, 1.165) is 28.3 Å². The SMILES string of the molecule is C=CCn1c(SCC(=O)Nc2ccc(F)cc2Cl)nc2cc(-c3ccccc3)sc2c1=O. The van der Waals surface area contributed by atoms with Crippen LogP contribution in [0.5, 0.6) is 0 Å². The van der Waals surface area contributed by atoms with Crippen molar-refractivity contribution in [2.45, 2.75) is 11.7 Å². The first-order valence-corrected chi connectivity index (χ1v) is 11.7. The van der Waals surface area contributed by atoms with Crippen LogP contribution in [0.3, 0.4) is 0 Å². The second-order valence-corrected chi connectivity index (χ2v) is 9.15. The molecule has 5 nitrogen and oxygen atoms in total. The molecule has 2 aromatic carbocycles. The van der Waals surface area contributed by atoms with Gasteiger partial charge in [-0.05, 0) is 29.8 Å². The summed E-state index contributed by atoms with van der Waals surface area (Å²) in [7, 11) is 0. The molecule has 162 valence electrons. The number of rotatable bonds is 7. The molecule has 0 bridgehead atoms. The summed E-state index contributed by atoms with van der Waals surface area (Å²) in [6.07, 6.45) is 1.61. The number of hydrogen-bond donors (Lipinski definition) is 1. The topological polar surface area (TPSA) is 64.0 Å². The maximum atomic E-state index is 13.2. The Balaban J connectivity index is 1.60. The van der Waals surface area contributed by atoms with E-state index >= 15 is 0 Å². The standard InChI is InChI=1S/C23H17ClFN3O2S2/c1-2-10-28-22(30)21-18(12-19(32-21)14-6-4-3-5-7-14)27-23(28)31-13-20(29)26-17-9-8-15(25)11-16(17)24/h2-9,11-12H,1,10,13H2,(H,26,29). The second-order valence-electron chi connectivity index (χ2n) is 6.75. The van der Waals surface area contributed by atoms with E-state index in [1.165, 1.54) is 28.0 Å². The minimum atomic E-state index is -0.487. The smallest absolute Gasteiger partial charge is 0.272 e. The summed E-state index contributed by atoms with van der Waals surface area (Å²) < 4.78 is 15.3. The van der Waals surface area contributed by atoms with Gasteiger partial charge in [-0.2, -0.15) is 0 Å². The molecule has 0 aliphatic heterocycles. The maximum absolute atomic E-state index is 13.2. The van der Waals surface area contributed by atoms with Crippen molar-refractivity contribution in [1.29, 1.82) is 0 Å². The Labute approximate surface area is 196 Å². The van der Waals surface area contributed by atoms with Gasteiger partial charge in [0.2, 0.25) is 5.91 Å². The van der Waals surface area contributed by atoms with Gasteiger partial charge in [-0.25, -0.2) is 9.37 Å². The number of anilines is 1. The number of amides is 1. The van der Waals surface area contributed by atoms with Gasteiger partial charge in [-0.3, -0.25) is 14.2 Å². The zero-order valence-electron chi connectivity index (χ0n) is 16.7. The predicted octanol–water partition coefficient (Wildman–Crippen LogP) is 5.83. The molecular formula is C23H17ClFN3O2S2. The zero-order valence-corrected chi connectivity index (χ0v) is 19.1. The summed E-state index contributed by atoms with van der Waals surface area (Å²) in [4.78, 5) is 31.1. The summed E-state index contributed by atoms with van der Waals surface area (Å²) in [5.74, 6) is -0.837. The fraction of sp³-hybridized carbons (Fsp3) is 0.0870. The highest BCUT2D eigenvalue weighted by Crippen LogP contribution is 2.32. The van der Waals surface area contributed by atoms with Gasteiger partial charge in [0.25, 0.3) is 5.56 Å². The zero-order chi connectivity index (χ0) is 22.7. The van der Waals surface area contributed by atoms with Gasteiger partial charge in [0.05, 0.1) is 22.0 Å². The van der Waals surface area contributed by atoms with Gasteiger partial charge in [-0.1, -0.05) is 59.8 Å². The Morgan fingerprint density at radius 1 is 1.25 bits per heavy atom. The van der Waals surface area contributed by atoms with Crippen LogP contribution in [-0.2, 0) is 11.3 Å². The highest BCUT2D eigenvalue weighted by Gasteiger charge is 2.16. The number of fused-ring (bicyclic) bond motifs is 1. The van der Waals surface area contributed by atoms with Crippen molar-refractivity contribution in [3.8, 4) is 10.4 Å². The van der Waals surface area contributed by atoms with Gasteiger partial charge in [0.1, 0.15) is 10.5 Å². The average Bonchev–Trinajstić information content (AvgIpc) is 3.22. The van der Waals surface area contributed by atoms with Gasteiger partial charge >= 0.3 is 0 Å². The van der Waals surface area contributed by atoms with Crippen molar-refractivity contribution in [1.82, 2.24) is 9.55 Å². The third kappa shape index (κ3) is 4.77. The maximum Gasteiger partial charge on any atom is 0.272 e. The number of carbonyl (C=O) groups excluding carboxylic acids is 1. The number of benzene rings is 2. The minimum absolute atomic E-state index is 0.00151. The number of nitrogens with zero attached hydrogens (tertiary/aromatic N) is 2. The molecule has 0 aliphatic carbocycles. The summed E-state index contributed by atoms with van der Waals surface area (Å²) in [6.45, 7) is 3.99. The number of allylic oxidation sites excluding steroid dienone is 1. The molecule has 0 saturated heterocycles. The lowest BCUT2D eigenvalue weighted by Gasteiger charge is -2.10. The van der Waals surface area contributed by atoms with Gasteiger partial charge < -0.3 is 5.32 Å². The van der Waals surface area contributed by atoms with Crippen molar-refractivity contribution in [3.63, 3.8) is 0 Å². The highest BCUT2D eigenvalue weighted by atomic mass is 35.5. The number of hydrogen-bond acceptors (Lipinski definition) is 5. The molecule has 32 heavy (non-hydrogen) atoms. The van der Waals surface area contributed by atoms with Crippen LogP contribution in [0.4, 0.5) is 10.1 Å². The molecule has 4 aromatic rings. The first kappa shape index (κ1) is 22.3. The summed E-state index contributed by atoms with van der Waals surface area (Å²) in [5.41, 5.74) is 1.74. The van der Waals surface area contributed by atoms with E-state index in [9.17, 15) is 14.0 Å². The lowest BCUT2D eigenvalue weighted by atomic mass is 10.2. The molecule has 1 N–H and O–H groups in total. The molecule has 1 amide bonds. The fourth-order valence-electron chi connectivity index (χ4n) is 3.04. The third-order valence-electron chi connectivity index (χ3n) is 4.51. The van der Waals surface area contributed by atoms with Gasteiger partial charge in [-0.15, -0.1) is 17.9 Å². The predicted molar refractivity (Wildman–Crippen MR) is 130 cm³/mol. The van der Waals surface area contributed by atoms with Crippen molar-refractivity contribution >= 4 is 56.5 Å². The van der Waals surface area contributed by atoms with E-state index in [1.54, 1.807) is 6.08 Å². The van der Waals surface area contributed by atoms with Crippen LogP contribution in [0.1, 0.15) is 0 Å². The highest BCUT2D eigenvalue weighted by molar-refractivity contribution is 7.99. The lowest BCUT2D eigenvalue weighted by Crippen LogP contribution is -2.23. The van der Waals surface area contributed by atoms with E-state index in [2.05, 4.69) is 16.9 Å². The molecule has 2 aromatic heterocycles. The summed E-state index contributed by atoms with van der Waals surface area (Å²) >= 11 is 8.49. The quantitative estimate of drug-likeness (QED) is 0.203. The molecular weight excluding hydrogens is 469 g/mol. The number of nitrogens with one attached hydrogen (secondary N) is 1. The first-order valence-electron chi connectivity index (χ1n) is 9.54. The van der Waals surface area contributed by atoms with E-state index in [4.69, 9.17) is 11.6 Å². The Kier molecular flexibility index (Phi) is 6.74. The van der Waals surface area contributed by atoms with Crippen LogP contribution in [0.2, 0.25) is 5.02 Å². The van der Waals surface area contributed by atoms with E-state index in [1.807, 2.05) is 36.4 Å². The molecule has 0 saturated carbocycles. The van der Waals surface area contributed by atoms with Crippen LogP contribution in [0.25, 0.3) is 20.7 Å². The van der Waals surface area contributed by atoms with E-state index < -0.39 is 5.82 Å². The van der Waals surface area contributed by atoms with Crippen molar-refractivity contribution in [2.24, 2.45) is 0 Å².